The summed E-state index contributed by atoms with van der Waals surface area (Å²) in [7, 11) is -11.3. The quantitative estimate of drug-likeness (QED) is 0.0215. The molecule has 23 heteroatoms. The molecule has 0 aliphatic carbocycles. The largest absolute Gasteiger partial charge is 0.481 e. The van der Waals surface area contributed by atoms with E-state index in [-0.39, 0.29) is 25.1 Å². The first kappa shape index (κ1) is 64.7. The van der Waals surface area contributed by atoms with Crippen LogP contribution in [0.25, 0.3) is 0 Å². The Hall–Kier alpha value is -2.62. The molecule has 0 spiro atoms. The number of carbonyl (C=O) groups is 2. The van der Waals surface area contributed by atoms with Crippen molar-refractivity contribution in [2.45, 2.75) is 230 Å². The molecule has 9 N–H and O–H groups in total. The number of nitrogens with zero attached hydrogens (tertiary/aromatic N) is 2. The van der Waals surface area contributed by atoms with Gasteiger partial charge in [0.25, 0.3) is 0 Å². The van der Waals surface area contributed by atoms with E-state index < -0.39 is 120 Å². The van der Waals surface area contributed by atoms with Gasteiger partial charge in [0.1, 0.15) is 30.9 Å². The summed E-state index contributed by atoms with van der Waals surface area (Å²) in [5.74, 6) is -3.20. The average Bonchev–Trinajstić information content (AvgIpc) is 3.31. The molecule has 2 bridgehead atoms. The van der Waals surface area contributed by atoms with Gasteiger partial charge in [-0.1, -0.05) is 148 Å². The first-order chi connectivity index (χ1) is 34.7. The second kappa shape index (κ2) is 34.9. The van der Waals surface area contributed by atoms with Crippen molar-refractivity contribution in [2.75, 3.05) is 25.6 Å². The molecule has 0 amide bonds. The Labute approximate surface area is 431 Å². The number of fused-ring (bicyclic) bond motifs is 3. The van der Waals surface area contributed by atoms with E-state index in [1.807, 2.05) is 6.92 Å². The van der Waals surface area contributed by atoms with E-state index in [2.05, 4.69) is 23.1 Å². The number of cyclic esters (lactones) is 1. The lowest BCUT2D eigenvalue weighted by molar-refractivity contribution is -0.195. The van der Waals surface area contributed by atoms with E-state index in [0.717, 1.165) is 49.0 Å². The predicted molar refractivity (Wildman–Crippen MR) is 272 cm³/mol. The van der Waals surface area contributed by atoms with Crippen LogP contribution in [0.3, 0.4) is 0 Å². The second-order valence-corrected chi connectivity index (χ2v) is 23.2. The Morgan fingerprint density at radius 1 is 0.836 bits per heavy atom. The molecule has 0 aromatic carbocycles. The van der Waals surface area contributed by atoms with E-state index >= 15 is 0 Å². The number of nitrogens with two attached hydrogens (primary N) is 1. The number of phosphoric acid groups is 2. The molecule has 2 aliphatic rings. The smallest absolute Gasteiger partial charge is 0.462 e. The van der Waals surface area contributed by atoms with Gasteiger partial charge in [-0.3, -0.25) is 23.2 Å². The molecule has 2 unspecified atom stereocenters. The summed E-state index contributed by atoms with van der Waals surface area (Å²) in [6, 6.07) is 1.26. The van der Waals surface area contributed by atoms with Gasteiger partial charge in [0.2, 0.25) is 0 Å². The number of hydrogen-bond donors (Lipinski definition) is 8. The van der Waals surface area contributed by atoms with Crippen LogP contribution < -0.4 is 11.4 Å². The number of esters is 2. The minimum atomic E-state index is -5.69. The summed E-state index contributed by atoms with van der Waals surface area (Å²) >= 11 is 0. The van der Waals surface area contributed by atoms with Crippen molar-refractivity contribution < 1.29 is 81.6 Å². The van der Waals surface area contributed by atoms with E-state index in [9.17, 15) is 58.8 Å². The van der Waals surface area contributed by atoms with Gasteiger partial charge in [-0.2, -0.15) is 9.29 Å². The van der Waals surface area contributed by atoms with Crippen molar-refractivity contribution in [3.05, 3.63) is 34.9 Å². The molecule has 2 aliphatic heterocycles. The van der Waals surface area contributed by atoms with Crippen LogP contribution in [0.15, 0.2) is 29.2 Å². The number of aliphatic hydroxyl groups excluding tert-OH is 5. The Kier molecular flexibility index (Phi) is 30.9. The summed E-state index contributed by atoms with van der Waals surface area (Å²) in [5, 5.41) is 57.5. The zero-order chi connectivity index (χ0) is 53.8. The molecular formula is C50H89N3O18P2. The van der Waals surface area contributed by atoms with Gasteiger partial charge in [0.05, 0.1) is 37.6 Å². The number of ether oxygens (including phenoxy) is 3. The average molecular weight is 1080 g/mol. The Balaban J connectivity index is 1.75. The Bertz CT molecular complexity index is 1910. The van der Waals surface area contributed by atoms with Gasteiger partial charge in [-0.25, -0.2) is 13.9 Å². The minimum absolute atomic E-state index is 0.0911. The highest BCUT2D eigenvalue weighted by atomic mass is 31.3. The van der Waals surface area contributed by atoms with Gasteiger partial charge in [-0.15, -0.1) is 0 Å². The highest BCUT2D eigenvalue weighted by Gasteiger charge is 2.45. The lowest BCUT2D eigenvalue weighted by atomic mass is 9.82. The third kappa shape index (κ3) is 26.3. The lowest BCUT2D eigenvalue weighted by Gasteiger charge is -2.41. The molecule has 2 saturated heterocycles. The number of nitrogen functional groups attached to an aromatic ring is 1. The summed E-state index contributed by atoms with van der Waals surface area (Å²) in [4.78, 5) is 64.2. The topological polar surface area (TPSA) is 326 Å². The summed E-state index contributed by atoms with van der Waals surface area (Å²) in [6.45, 7) is 3.86. The molecule has 1 aromatic heterocycles. The summed E-state index contributed by atoms with van der Waals surface area (Å²) < 4.78 is 59.2. The number of phosphoric ester groups is 2. The fourth-order valence-electron chi connectivity index (χ4n) is 9.10. The Morgan fingerprint density at radius 2 is 1.44 bits per heavy atom. The number of aliphatic hydroxyl groups is 5. The molecule has 3 heterocycles. The van der Waals surface area contributed by atoms with Crippen LogP contribution in [0.4, 0.5) is 5.82 Å². The fourth-order valence-corrected chi connectivity index (χ4v) is 11.2. The van der Waals surface area contributed by atoms with Crippen LogP contribution in [0, 0.1) is 17.8 Å². The molecule has 2 fully saturated rings. The first-order valence-electron chi connectivity index (χ1n) is 26.8. The second-order valence-electron chi connectivity index (χ2n) is 20.2. The van der Waals surface area contributed by atoms with Crippen molar-refractivity contribution in [3.8, 4) is 0 Å². The Morgan fingerprint density at radius 3 is 2.07 bits per heavy atom. The summed E-state index contributed by atoms with van der Waals surface area (Å²) in [6.07, 6.45) is 9.59. The van der Waals surface area contributed by atoms with Crippen LogP contribution >= 0.6 is 15.6 Å². The molecule has 0 saturated carbocycles. The predicted octanol–water partition coefficient (Wildman–Crippen LogP) is 7.46. The third-order valence-corrected chi connectivity index (χ3v) is 16.0. The molecule has 3 rings (SSSR count). The maximum absolute atomic E-state index is 13.4. The number of anilines is 1. The van der Waals surface area contributed by atoms with Gasteiger partial charge >= 0.3 is 33.3 Å². The van der Waals surface area contributed by atoms with E-state index in [4.69, 9.17) is 29.0 Å². The van der Waals surface area contributed by atoms with Gasteiger partial charge < -0.3 is 55.3 Å². The van der Waals surface area contributed by atoms with E-state index in [1.54, 1.807) is 0 Å². The molecule has 73 heavy (non-hydrogen) atoms. The van der Waals surface area contributed by atoms with Crippen LogP contribution in [0.1, 0.15) is 188 Å². The zero-order valence-corrected chi connectivity index (χ0v) is 45.2. The van der Waals surface area contributed by atoms with Gasteiger partial charge in [0.15, 0.2) is 6.10 Å². The van der Waals surface area contributed by atoms with Crippen molar-refractivity contribution in [1.29, 1.82) is 0 Å². The van der Waals surface area contributed by atoms with E-state index in [0.29, 0.717) is 44.9 Å². The molecule has 422 valence electrons. The lowest BCUT2D eigenvalue weighted by Crippen LogP contribution is -2.52. The van der Waals surface area contributed by atoms with Crippen molar-refractivity contribution in [2.24, 2.45) is 17.8 Å². The van der Waals surface area contributed by atoms with Crippen molar-refractivity contribution in [1.82, 2.24) is 9.55 Å². The molecule has 21 nitrogen and oxygen atoms in total. The monoisotopic (exact) mass is 1080 g/mol. The van der Waals surface area contributed by atoms with Crippen molar-refractivity contribution in [3.63, 3.8) is 0 Å². The van der Waals surface area contributed by atoms with Crippen molar-refractivity contribution >= 4 is 33.4 Å². The van der Waals surface area contributed by atoms with Crippen LogP contribution in [-0.4, -0.2) is 119 Å². The number of unbranched alkanes of at least 4 members (excludes halogenated alkanes) is 13. The SMILES string of the molecule is CCCCC[C@H](O)/C=C\[C@@H]1[C@H](O)[C@H](O)[C@H]2COP(=O)(O)OP(=O)(O)OC[C@@H](COC(=O)CCCCCCCCCCCCCCC(C)C)OC(=O)CCCCCC[C@H]([C@H](n3ccc(N)nc3=O)O2)[C@@H](O)C[C@H]1O. The number of rotatable bonds is 24. The normalized spacial score (nSPS) is 30.2. The molecule has 12 atom stereocenters. The van der Waals surface area contributed by atoms with Crippen LogP contribution in [0.2, 0.25) is 0 Å². The number of carbonyl (C=O) groups excluding carboxylic acids is 2. The van der Waals surface area contributed by atoms with Crippen LogP contribution in [0.5, 0.6) is 0 Å². The van der Waals surface area contributed by atoms with E-state index in [1.165, 1.54) is 75.8 Å². The minimum Gasteiger partial charge on any atom is -0.462 e. The number of hydrogen-bond acceptors (Lipinski definition) is 18. The van der Waals surface area contributed by atoms with Gasteiger partial charge in [-0.05, 0) is 37.7 Å². The first-order valence-corrected chi connectivity index (χ1v) is 29.8. The maximum Gasteiger partial charge on any atom is 0.481 e. The highest BCUT2D eigenvalue weighted by molar-refractivity contribution is 7.61. The number of aromatic nitrogens is 2. The van der Waals surface area contributed by atoms with Crippen LogP contribution in [-0.2, 0) is 46.3 Å². The third-order valence-electron chi connectivity index (χ3n) is 13.4. The molecular weight excluding hydrogens is 993 g/mol. The molecule has 0 radical (unpaired) electrons. The highest BCUT2D eigenvalue weighted by Crippen LogP contribution is 2.60. The molecule has 1 aromatic rings. The standard InChI is InChI=1S/C50H89N3O18P2/c1-4-5-18-24-37(54)28-29-39-41(55)32-42(56)40-25-20-16-17-22-27-46(58)69-38(33-66-45(57)26-21-15-13-11-9-7-6-8-10-12-14-19-23-36(2)3)34-67-72(62,63)71-73(64,65)68-35-43(48(60)47(39)59)70-49(40)53-31-30-44(51)52-50(53)61/h28-31,36-43,47-49,54-56,59-60H,4-27,32-35H2,1-3H3,(H,62,63)(H,64,65)(H2,51,52,61)/b29-28-/t37-,38+,39-,40-,41+,42-,43+,47-,48+,49+/m0/s1. The fraction of sp³-hybridized carbons (Fsp3) is 0.840. The maximum atomic E-state index is 13.4. The van der Waals surface area contributed by atoms with Gasteiger partial charge in [0, 0.05) is 37.3 Å². The zero-order valence-electron chi connectivity index (χ0n) is 43.4. The summed E-state index contributed by atoms with van der Waals surface area (Å²) in [5.41, 5.74) is 4.81.